The zero-order valence-corrected chi connectivity index (χ0v) is 16.2. The summed E-state index contributed by atoms with van der Waals surface area (Å²) >= 11 is 0. The van der Waals surface area contributed by atoms with Crippen LogP contribution in [0.1, 0.15) is 5.56 Å². The number of nitrogens with one attached hydrogen (secondary N) is 1. The maximum absolute atomic E-state index is 5.52. The lowest BCUT2D eigenvalue weighted by atomic mass is 10.1. The summed E-state index contributed by atoms with van der Waals surface area (Å²) in [5.41, 5.74) is 4.88. The van der Waals surface area contributed by atoms with Crippen LogP contribution in [-0.4, -0.2) is 38.2 Å². The Hall–Kier alpha value is -3.05. The molecule has 1 heterocycles. The van der Waals surface area contributed by atoms with Gasteiger partial charge in [0.05, 0.1) is 19.9 Å². The molecule has 0 aliphatic rings. The summed E-state index contributed by atoms with van der Waals surface area (Å²) in [7, 11) is 7.41. The Morgan fingerprint density at radius 1 is 0.926 bits per heavy atom. The number of aromatic nitrogens is 1. The topological polar surface area (TPSA) is 46.6 Å². The minimum absolute atomic E-state index is 0.549. The van der Waals surface area contributed by atoms with Gasteiger partial charge in [-0.2, -0.15) is 0 Å². The Bertz CT molecular complexity index is 910. The average molecular weight is 363 g/mol. The van der Waals surface area contributed by atoms with Crippen molar-refractivity contribution in [2.24, 2.45) is 0 Å². The summed E-state index contributed by atoms with van der Waals surface area (Å²) < 4.78 is 10.8. The average Bonchev–Trinajstić information content (AvgIpc) is 2.68. The van der Waals surface area contributed by atoms with Gasteiger partial charge in [0.1, 0.15) is 11.4 Å². The summed E-state index contributed by atoms with van der Waals surface area (Å²) in [6.07, 6.45) is 0. The van der Waals surface area contributed by atoms with E-state index in [4.69, 9.17) is 9.47 Å². The van der Waals surface area contributed by atoms with Crippen LogP contribution in [0.2, 0.25) is 0 Å². The fraction of sp³-hybridized carbons (Fsp3) is 0.227. The van der Waals surface area contributed by atoms with E-state index >= 15 is 0 Å². The second-order valence-electron chi connectivity index (χ2n) is 6.55. The molecule has 0 bridgehead atoms. The first-order valence-corrected chi connectivity index (χ1v) is 8.79. The molecule has 0 saturated carbocycles. The molecule has 140 valence electrons. The van der Waals surface area contributed by atoms with Crippen LogP contribution in [-0.2, 0) is 6.54 Å². The van der Waals surface area contributed by atoms with E-state index in [0.717, 1.165) is 34.9 Å². The molecule has 0 fully saturated rings. The minimum Gasteiger partial charge on any atom is -0.497 e. The van der Waals surface area contributed by atoms with Crippen LogP contribution in [0.25, 0.3) is 11.3 Å². The zero-order chi connectivity index (χ0) is 19.2. The molecule has 3 rings (SSSR count). The first-order valence-electron chi connectivity index (χ1n) is 8.79. The van der Waals surface area contributed by atoms with E-state index in [1.807, 2.05) is 48.5 Å². The SMILES string of the molecule is COc1cccc(-c2ccc(Nc3cccc(CN(C)C)c3)c(OC)n2)c1. The molecule has 1 N–H and O–H groups in total. The molecule has 0 radical (unpaired) electrons. The Morgan fingerprint density at radius 3 is 2.48 bits per heavy atom. The predicted octanol–water partition coefficient (Wildman–Crippen LogP) is 4.57. The van der Waals surface area contributed by atoms with Crippen molar-refractivity contribution >= 4 is 11.4 Å². The van der Waals surface area contributed by atoms with Crippen LogP contribution in [0.4, 0.5) is 11.4 Å². The molecule has 0 aliphatic carbocycles. The molecular weight excluding hydrogens is 338 g/mol. The number of hydrogen-bond acceptors (Lipinski definition) is 5. The number of benzene rings is 2. The van der Waals surface area contributed by atoms with Crippen LogP contribution < -0.4 is 14.8 Å². The van der Waals surface area contributed by atoms with Gasteiger partial charge in [-0.05, 0) is 56.1 Å². The van der Waals surface area contributed by atoms with Gasteiger partial charge >= 0.3 is 0 Å². The Labute approximate surface area is 160 Å². The minimum atomic E-state index is 0.549. The number of pyridine rings is 1. The fourth-order valence-electron chi connectivity index (χ4n) is 2.90. The molecule has 0 spiro atoms. The number of hydrogen-bond donors (Lipinski definition) is 1. The van der Waals surface area contributed by atoms with Gasteiger partial charge < -0.3 is 19.7 Å². The highest BCUT2D eigenvalue weighted by atomic mass is 16.5. The highest BCUT2D eigenvalue weighted by Crippen LogP contribution is 2.30. The second kappa shape index (κ2) is 8.56. The van der Waals surface area contributed by atoms with Crippen LogP contribution in [0.5, 0.6) is 11.6 Å². The van der Waals surface area contributed by atoms with E-state index in [9.17, 15) is 0 Å². The van der Waals surface area contributed by atoms with Crippen LogP contribution in [0.3, 0.4) is 0 Å². The van der Waals surface area contributed by atoms with Gasteiger partial charge in [-0.1, -0.05) is 24.3 Å². The maximum Gasteiger partial charge on any atom is 0.238 e. The summed E-state index contributed by atoms with van der Waals surface area (Å²) in [5, 5.41) is 3.41. The zero-order valence-electron chi connectivity index (χ0n) is 16.2. The highest BCUT2D eigenvalue weighted by Gasteiger charge is 2.09. The highest BCUT2D eigenvalue weighted by molar-refractivity contribution is 5.70. The third-order valence-electron chi connectivity index (χ3n) is 4.12. The van der Waals surface area contributed by atoms with Crippen molar-refractivity contribution in [3.05, 3.63) is 66.2 Å². The summed E-state index contributed by atoms with van der Waals surface area (Å²) in [6, 6.07) is 20.1. The first-order chi connectivity index (χ1) is 13.1. The van der Waals surface area contributed by atoms with Gasteiger partial charge in [0.25, 0.3) is 0 Å². The molecular formula is C22H25N3O2. The number of nitrogens with zero attached hydrogens (tertiary/aromatic N) is 2. The Balaban J connectivity index is 1.86. The second-order valence-corrected chi connectivity index (χ2v) is 6.55. The molecule has 0 atom stereocenters. The molecule has 5 nitrogen and oxygen atoms in total. The number of methoxy groups -OCH3 is 2. The van der Waals surface area contributed by atoms with E-state index in [-0.39, 0.29) is 0 Å². The van der Waals surface area contributed by atoms with E-state index in [1.165, 1.54) is 5.56 Å². The van der Waals surface area contributed by atoms with Gasteiger partial charge in [0, 0.05) is 17.8 Å². The van der Waals surface area contributed by atoms with Crippen molar-refractivity contribution in [2.75, 3.05) is 33.6 Å². The predicted molar refractivity (Wildman–Crippen MR) is 110 cm³/mol. The van der Waals surface area contributed by atoms with Crippen molar-refractivity contribution < 1.29 is 9.47 Å². The summed E-state index contributed by atoms with van der Waals surface area (Å²) in [5.74, 6) is 1.35. The van der Waals surface area contributed by atoms with Crippen molar-refractivity contribution in [1.82, 2.24) is 9.88 Å². The lowest BCUT2D eigenvalue weighted by Crippen LogP contribution is -2.10. The molecule has 27 heavy (non-hydrogen) atoms. The van der Waals surface area contributed by atoms with Gasteiger partial charge in [-0.15, -0.1) is 0 Å². The largest absolute Gasteiger partial charge is 0.497 e. The van der Waals surface area contributed by atoms with E-state index in [0.29, 0.717) is 5.88 Å². The molecule has 0 saturated heterocycles. The van der Waals surface area contributed by atoms with Crippen molar-refractivity contribution in [3.63, 3.8) is 0 Å². The molecule has 2 aromatic carbocycles. The number of ether oxygens (including phenoxy) is 2. The summed E-state index contributed by atoms with van der Waals surface area (Å²) in [4.78, 5) is 6.80. The van der Waals surface area contributed by atoms with Gasteiger partial charge in [-0.3, -0.25) is 0 Å². The van der Waals surface area contributed by atoms with Gasteiger partial charge in [0.15, 0.2) is 0 Å². The van der Waals surface area contributed by atoms with Gasteiger partial charge in [0.2, 0.25) is 5.88 Å². The molecule has 0 aliphatic heterocycles. The van der Waals surface area contributed by atoms with E-state index in [1.54, 1.807) is 14.2 Å². The first kappa shape index (κ1) is 18.7. The molecule has 0 unspecified atom stereocenters. The Kier molecular flexibility index (Phi) is 5.94. The molecule has 0 amide bonds. The third-order valence-corrected chi connectivity index (χ3v) is 4.12. The normalized spacial score (nSPS) is 10.7. The molecule has 1 aromatic heterocycles. The van der Waals surface area contributed by atoms with Crippen molar-refractivity contribution in [3.8, 4) is 22.9 Å². The number of anilines is 2. The van der Waals surface area contributed by atoms with E-state index in [2.05, 4.69) is 41.4 Å². The van der Waals surface area contributed by atoms with E-state index < -0.39 is 0 Å². The third kappa shape index (κ3) is 4.77. The van der Waals surface area contributed by atoms with Crippen molar-refractivity contribution in [2.45, 2.75) is 6.54 Å². The Morgan fingerprint density at radius 2 is 1.74 bits per heavy atom. The fourth-order valence-corrected chi connectivity index (χ4v) is 2.90. The molecule has 5 heteroatoms. The molecule has 3 aromatic rings. The smallest absolute Gasteiger partial charge is 0.238 e. The van der Waals surface area contributed by atoms with Crippen LogP contribution in [0, 0.1) is 0 Å². The lowest BCUT2D eigenvalue weighted by molar-refractivity contribution is 0.400. The summed E-state index contributed by atoms with van der Waals surface area (Å²) in [6.45, 7) is 0.889. The van der Waals surface area contributed by atoms with Gasteiger partial charge in [-0.25, -0.2) is 4.98 Å². The maximum atomic E-state index is 5.52. The van der Waals surface area contributed by atoms with Crippen LogP contribution >= 0.6 is 0 Å². The lowest BCUT2D eigenvalue weighted by Gasteiger charge is -2.14. The number of rotatable bonds is 7. The standard InChI is InChI=1S/C22H25N3O2/c1-25(2)15-16-7-5-9-18(13-16)23-21-12-11-20(24-22(21)27-4)17-8-6-10-19(14-17)26-3/h5-14,23H,15H2,1-4H3. The monoisotopic (exact) mass is 363 g/mol. The van der Waals surface area contributed by atoms with Crippen molar-refractivity contribution in [1.29, 1.82) is 0 Å². The quantitative estimate of drug-likeness (QED) is 0.666. The van der Waals surface area contributed by atoms with Crippen LogP contribution in [0.15, 0.2) is 60.7 Å².